The van der Waals surface area contributed by atoms with Gasteiger partial charge < -0.3 is 14.8 Å². The Bertz CT molecular complexity index is 1290. The highest BCUT2D eigenvalue weighted by Gasteiger charge is 2.20. The molecule has 0 fully saturated rings. The third-order valence-electron chi connectivity index (χ3n) is 6.12. The van der Waals surface area contributed by atoms with Crippen molar-refractivity contribution in [3.05, 3.63) is 83.6 Å². The van der Waals surface area contributed by atoms with Gasteiger partial charge in [-0.25, -0.2) is 4.79 Å². The molecular weight excluding hydrogens is 386 g/mol. The summed E-state index contributed by atoms with van der Waals surface area (Å²) >= 11 is 0. The molecule has 4 aromatic rings. The van der Waals surface area contributed by atoms with Crippen LogP contribution in [-0.4, -0.2) is 22.7 Å². The number of aromatic amines is 1. The van der Waals surface area contributed by atoms with Gasteiger partial charge in [0.15, 0.2) is 0 Å². The molecule has 1 aliphatic rings. The van der Waals surface area contributed by atoms with E-state index in [0.717, 1.165) is 64.2 Å². The second kappa shape index (κ2) is 8.31. The van der Waals surface area contributed by atoms with E-state index in [2.05, 4.69) is 35.3 Å². The number of rotatable bonds is 7. The summed E-state index contributed by atoms with van der Waals surface area (Å²) < 4.78 is 6.07. The van der Waals surface area contributed by atoms with E-state index in [0.29, 0.717) is 18.7 Å². The Kier molecular flexibility index (Phi) is 5.21. The highest BCUT2D eigenvalue weighted by Crippen LogP contribution is 2.35. The Balaban J connectivity index is 1.38. The molecule has 156 valence electrons. The van der Waals surface area contributed by atoms with E-state index in [9.17, 15) is 9.90 Å². The van der Waals surface area contributed by atoms with Crippen molar-refractivity contribution in [2.24, 2.45) is 0 Å². The standard InChI is InChI=1S/C27H25NO3/c29-27(30)26-23(22-14-6-13-21(25(22)28-26)19-9-1-2-10-19)15-7-17-31-24-16-5-11-18-8-3-4-12-20(18)24/h3-6,8-9,11-14,16,28H,1-2,7,10,15,17H2,(H,29,30). The van der Waals surface area contributed by atoms with E-state index in [1.54, 1.807) is 0 Å². The fourth-order valence-corrected chi connectivity index (χ4v) is 4.65. The number of hydrogen-bond donors (Lipinski definition) is 2. The molecule has 1 heterocycles. The Labute approximate surface area is 181 Å². The molecule has 0 aliphatic heterocycles. The molecule has 4 nitrogen and oxygen atoms in total. The molecule has 0 spiro atoms. The predicted octanol–water partition coefficient (Wildman–Crippen LogP) is 6.60. The monoisotopic (exact) mass is 411 g/mol. The van der Waals surface area contributed by atoms with Crippen molar-refractivity contribution >= 4 is 33.2 Å². The van der Waals surface area contributed by atoms with Gasteiger partial charge in [0.2, 0.25) is 0 Å². The molecule has 0 amide bonds. The molecule has 0 atom stereocenters. The average molecular weight is 412 g/mol. The van der Waals surface area contributed by atoms with Gasteiger partial charge in [-0.3, -0.25) is 0 Å². The summed E-state index contributed by atoms with van der Waals surface area (Å²) in [5.74, 6) is -0.0431. The van der Waals surface area contributed by atoms with Gasteiger partial charge in [0, 0.05) is 16.3 Å². The maximum atomic E-state index is 11.9. The first-order valence-corrected chi connectivity index (χ1v) is 10.9. The second-order valence-electron chi connectivity index (χ2n) is 8.06. The highest BCUT2D eigenvalue weighted by molar-refractivity contribution is 6.01. The van der Waals surface area contributed by atoms with Crippen LogP contribution in [-0.2, 0) is 6.42 Å². The summed E-state index contributed by atoms with van der Waals surface area (Å²) in [5, 5.41) is 13.1. The molecule has 2 N–H and O–H groups in total. The zero-order valence-corrected chi connectivity index (χ0v) is 17.4. The van der Waals surface area contributed by atoms with Crippen molar-refractivity contribution in [2.45, 2.75) is 32.1 Å². The Hall–Kier alpha value is -3.53. The van der Waals surface area contributed by atoms with Crippen LogP contribution in [0.1, 0.15) is 47.3 Å². The lowest BCUT2D eigenvalue weighted by Gasteiger charge is -2.09. The summed E-state index contributed by atoms with van der Waals surface area (Å²) in [4.78, 5) is 15.2. The number of aromatic nitrogens is 1. The van der Waals surface area contributed by atoms with Gasteiger partial charge in [-0.1, -0.05) is 60.7 Å². The molecule has 5 rings (SSSR count). The number of H-pyrrole nitrogens is 1. The Morgan fingerprint density at radius 2 is 1.81 bits per heavy atom. The summed E-state index contributed by atoms with van der Waals surface area (Å²) in [6.07, 6.45) is 6.97. The van der Waals surface area contributed by atoms with Crippen molar-refractivity contribution in [1.82, 2.24) is 4.98 Å². The smallest absolute Gasteiger partial charge is 0.352 e. The van der Waals surface area contributed by atoms with Crippen molar-refractivity contribution in [1.29, 1.82) is 0 Å². The van der Waals surface area contributed by atoms with E-state index in [1.807, 2.05) is 36.4 Å². The van der Waals surface area contributed by atoms with Crippen LogP contribution in [0.2, 0.25) is 0 Å². The van der Waals surface area contributed by atoms with Gasteiger partial charge in [-0.05, 0) is 54.7 Å². The lowest BCUT2D eigenvalue weighted by molar-refractivity contribution is 0.0690. The van der Waals surface area contributed by atoms with Crippen LogP contribution in [0.4, 0.5) is 0 Å². The lowest BCUT2D eigenvalue weighted by Crippen LogP contribution is -2.04. The number of para-hydroxylation sites is 1. The minimum Gasteiger partial charge on any atom is -0.493 e. The van der Waals surface area contributed by atoms with E-state index in [1.165, 1.54) is 5.57 Å². The van der Waals surface area contributed by atoms with Crippen LogP contribution >= 0.6 is 0 Å². The second-order valence-corrected chi connectivity index (χ2v) is 8.06. The van der Waals surface area contributed by atoms with Crippen LogP contribution in [0, 0.1) is 0 Å². The van der Waals surface area contributed by atoms with Crippen molar-refractivity contribution < 1.29 is 14.6 Å². The maximum Gasteiger partial charge on any atom is 0.352 e. The third-order valence-corrected chi connectivity index (χ3v) is 6.12. The summed E-state index contributed by atoms with van der Waals surface area (Å²) in [5.41, 5.74) is 4.55. The number of carbonyl (C=O) groups is 1. The van der Waals surface area contributed by atoms with Crippen LogP contribution < -0.4 is 4.74 Å². The van der Waals surface area contributed by atoms with Gasteiger partial charge in [0.05, 0.1) is 12.1 Å². The fourth-order valence-electron chi connectivity index (χ4n) is 4.65. The van der Waals surface area contributed by atoms with Gasteiger partial charge in [0.25, 0.3) is 0 Å². The van der Waals surface area contributed by atoms with Crippen molar-refractivity contribution in [3.63, 3.8) is 0 Å². The number of carboxylic acid groups (broad SMARTS) is 1. The molecule has 0 radical (unpaired) electrons. The molecule has 1 aromatic heterocycles. The molecule has 4 heteroatoms. The lowest BCUT2D eigenvalue weighted by atomic mass is 9.99. The number of ether oxygens (including phenoxy) is 1. The topological polar surface area (TPSA) is 62.3 Å². The zero-order valence-electron chi connectivity index (χ0n) is 17.4. The number of hydrogen-bond acceptors (Lipinski definition) is 2. The van der Waals surface area contributed by atoms with E-state index < -0.39 is 5.97 Å². The Morgan fingerprint density at radius 1 is 1.00 bits per heavy atom. The molecule has 31 heavy (non-hydrogen) atoms. The maximum absolute atomic E-state index is 11.9. The van der Waals surface area contributed by atoms with Crippen LogP contribution in [0.15, 0.2) is 66.7 Å². The minimum atomic E-state index is -0.910. The molecule has 0 unspecified atom stereocenters. The highest BCUT2D eigenvalue weighted by atomic mass is 16.5. The number of carboxylic acids is 1. The van der Waals surface area contributed by atoms with E-state index in [4.69, 9.17) is 4.74 Å². The zero-order chi connectivity index (χ0) is 21.2. The Morgan fingerprint density at radius 3 is 2.65 bits per heavy atom. The number of nitrogens with one attached hydrogen (secondary N) is 1. The number of benzene rings is 3. The number of allylic oxidation sites excluding steroid dienone is 2. The van der Waals surface area contributed by atoms with Gasteiger partial charge in [0.1, 0.15) is 11.4 Å². The van der Waals surface area contributed by atoms with Gasteiger partial charge in [-0.2, -0.15) is 0 Å². The van der Waals surface area contributed by atoms with Gasteiger partial charge in [-0.15, -0.1) is 0 Å². The molecule has 0 saturated carbocycles. The van der Waals surface area contributed by atoms with E-state index >= 15 is 0 Å². The van der Waals surface area contributed by atoms with Crippen molar-refractivity contribution in [3.8, 4) is 5.75 Å². The third kappa shape index (κ3) is 3.70. The van der Waals surface area contributed by atoms with Crippen LogP contribution in [0.3, 0.4) is 0 Å². The largest absolute Gasteiger partial charge is 0.493 e. The van der Waals surface area contributed by atoms with Gasteiger partial charge >= 0.3 is 5.97 Å². The van der Waals surface area contributed by atoms with Crippen LogP contribution in [0.5, 0.6) is 5.75 Å². The predicted molar refractivity (Wildman–Crippen MR) is 125 cm³/mol. The molecular formula is C27H25NO3. The average Bonchev–Trinajstić information content (AvgIpc) is 3.45. The number of aryl methyl sites for hydroxylation is 1. The quantitative estimate of drug-likeness (QED) is 0.337. The summed E-state index contributed by atoms with van der Waals surface area (Å²) in [6.45, 7) is 0.532. The molecule has 0 bridgehead atoms. The minimum absolute atomic E-state index is 0.297. The molecule has 1 aliphatic carbocycles. The SMILES string of the molecule is O=C(O)c1[nH]c2c(C3=CCCC3)cccc2c1CCCOc1cccc2ccccc12. The molecule has 0 saturated heterocycles. The summed E-state index contributed by atoms with van der Waals surface area (Å²) in [7, 11) is 0. The van der Waals surface area contributed by atoms with Crippen molar-refractivity contribution in [2.75, 3.05) is 6.61 Å². The fraction of sp³-hybridized carbons (Fsp3) is 0.222. The number of aromatic carboxylic acids is 1. The van der Waals surface area contributed by atoms with E-state index in [-0.39, 0.29) is 0 Å². The van der Waals surface area contributed by atoms with Crippen LogP contribution in [0.25, 0.3) is 27.2 Å². The first-order chi connectivity index (χ1) is 15.2. The summed E-state index contributed by atoms with van der Waals surface area (Å²) in [6, 6.07) is 20.4. The first-order valence-electron chi connectivity index (χ1n) is 10.9. The molecule has 3 aromatic carbocycles. The number of fused-ring (bicyclic) bond motifs is 2. The first kappa shape index (κ1) is 19.4. The normalized spacial score (nSPS) is 13.6.